The molecule has 3 nitrogen and oxygen atoms in total. The number of furan rings is 1. The van der Waals surface area contributed by atoms with Crippen LogP contribution in [0.3, 0.4) is 0 Å². The van der Waals surface area contributed by atoms with Crippen molar-refractivity contribution in [2.45, 2.75) is 33.1 Å². The molecule has 2 aromatic carbocycles. The van der Waals surface area contributed by atoms with Gasteiger partial charge in [-0.05, 0) is 68.5 Å². The van der Waals surface area contributed by atoms with Crippen LogP contribution in [0, 0.1) is 13.8 Å². The van der Waals surface area contributed by atoms with Crippen molar-refractivity contribution in [3.8, 4) is 11.3 Å². The van der Waals surface area contributed by atoms with Gasteiger partial charge in [0, 0.05) is 28.0 Å². The van der Waals surface area contributed by atoms with Crippen LogP contribution in [0.2, 0.25) is 0 Å². The number of rotatable bonds is 1. The molecule has 4 aromatic rings. The summed E-state index contributed by atoms with van der Waals surface area (Å²) >= 11 is 0. The second kappa shape index (κ2) is 5.09. The zero-order valence-corrected chi connectivity index (χ0v) is 14.3. The third-order valence-corrected chi connectivity index (χ3v) is 5.29. The third kappa shape index (κ3) is 2.15. The third-order valence-electron chi connectivity index (χ3n) is 5.29. The summed E-state index contributed by atoms with van der Waals surface area (Å²) in [5.41, 5.74) is 6.89. The molecule has 3 heteroatoms. The van der Waals surface area contributed by atoms with Crippen molar-refractivity contribution in [3.05, 3.63) is 69.1 Å². The molecule has 2 heterocycles. The van der Waals surface area contributed by atoms with Gasteiger partial charge in [0.15, 0.2) is 0 Å². The fraction of sp³-hybridized carbons (Fsp3) is 0.227. The van der Waals surface area contributed by atoms with Crippen LogP contribution in [0.1, 0.15) is 28.7 Å². The van der Waals surface area contributed by atoms with Crippen LogP contribution in [0.5, 0.6) is 0 Å². The number of hydrogen-bond donors (Lipinski definition) is 0. The van der Waals surface area contributed by atoms with Gasteiger partial charge in [-0.25, -0.2) is 4.79 Å². The van der Waals surface area contributed by atoms with E-state index in [2.05, 4.69) is 26.0 Å². The zero-order chi connectivity index (χ0) is 17.1. The Balaban J connectivity index is 1.86. The van der Waals surface area contributed by atoms with E-state index >= 15 is 0 Å². The van der Waals surface area contributed by atoms with Crippen molar-refractivity contribution in [1.29, 1.82) is 0 Å². The molecule has 0 N–H and O–H groups in total. The van der Waals surface area contributed by atoms with Crippen LogP contribution in [0.25, 0.3) is 33.3 Å². The fourth-order valence-corrected chi connectivity index (χ4v) is 4.01. The van der Waals surface area contributed by atoms with E-state index in [1.165, 1.54) is 16.7 Å². The Morgan fingerprint density at radius 1 is 0.840 bits per heavy atom. The molecule has 0 saturated carbocycles. The second-order valence-corrected chi connectivity index (χ2v) is 7.01. The van der Waals surface area contributed by atoms with Crippen molar-refractivity contribution in [3.63, 3.8) is 0 Å². The first-order valence-electron chi connectivity index (χ1n) is 8.70. The summed E-state index contributed by atoms with van der Waals surface area (Å²) < 4.78 is 11.6. The smallest absolute Gasteiger partial charge is 0.336 e. The molecular formula is C22H18O3. The number of aryl methyl sites for hydroxylation is 4. The topological polar surface area (TPSA) is 43.4 Å². The summed E-state index contributed by atoms with van der Waals surface area (Å²) in [5, 5.41) is 2.05. The predicted molar refractivity (Wildman–Crippen MR) is 99.2 cm³/mol. The van der Waals surface area contributed by atoms with E-state index in [0.717, 1.165) is 52.5 Å². The number of hydrogen-bond acceptors (Lipinski definition) is 3. The summed E-state index contributed by atoms with van der Waals surface area (Å²) in [7, 11) is 0. The van der Waals surface area contributed by atoms with Crippen molar-refractivity contribution in [2.75, 3.05) is 0 Å². The molecule has 1 aliphatic rings. The summed E-state index contributed by atoms with van der Waals surface area (Å²) in [5.74, 6) is 0.761. The van der Waals surface area contributed by atoms with E-state index in [1.54, 1.807) is 6.07 Å². The molecule has 1 aliphatic carbocycles. The Morgan fingerprint density at radius 2 is 1.64 bits per heavy atom. The van der Waals surface area contributed by atoms with Crippen molar-refractivity contribution < 1.29 is 8.83 Å². The number of benzene rings is 2. The lowest BCUT2D eigenvalue weighted by molar-refractivity contribution is 0.559. The lowest BCUT2D eigenvalue weighted by Crippen LogP contribution is -1.99. The number of fused-ring (bicyclic) bond motifs is 3. The van der Waals surface area contributed by atoms with Gasteiger partial charge in [-0.1, -0.05) is 11.6 Å². The Morgan fingerprint density at radius 3 is 2.48 bits per heavy atom. The van der Waals surface area contributed by atoms with E-state index in [4.69, 9.17) is 8.83 Å². The Labute approximate surface area is 144 Å². The van der Waals surface area contributed by atoms with Gasteiger partial charge in [0.1, 0.15) is 16.9 Å². The SMILES string of the molecule is Cc1ccc2oc(-c3cc(=O)oc4cc5c(cc34)CCC5)c(C)c2c1. The standard InChI is InChI=1S/C22H18O3/c1-12-6-7-19-16(8-12)13(2)22(25-19)18-11-21(23)24-20-10-15-5-3-4-14(15)9-17(18)20/h6-11H,3-5H2,1-2H3. The molecule has 5 rings (SSSR count). The highest BCUT2D eigenvalue weighted by molar-refractivity contribution is 5.97. The first-order valence-corrected chi connectivity index (χ1v) is 8.70. The second-order valence-electron chi connectivity index (χ2n) is 7.01. The van der Waals surface area contributed by atoms with Crippen LogP contribution in [0.15, 0.2) is 50.0 Å². The molecule has 0 bridgehead atoms. The van der Waals surface area contributed by atoms with Gasteiger partial charge in [0.05, 0.1) is 0 Å². The summed E-state index contributed by atoms with van der Waals surface area (Å²) in [6.45, 7) is 4.12. The van der Waals surface area contributed by atoms with Crippen molar-refractivity contribution in [2.24, 2.45) is 0 Å². The van der Waals surface area contributed by atoms with Crippen LogP contribution >= 0.6 is 0 Å². The Kier molecular flexibility index (Phi) is 2.96. The van der Waals surface area contributed by atoms with Crippen LogP contribution < -0.4 is 5.63 Å². The van der Waals surface area contributed by atoms with E-state index in [9.17, 15) is 4.79 Å². The van der Waals surface area contributed by atoms with Gasteiger partial charge in [-0.15, -0.1) is 0 Å². The van der Waals surface area contributed by atoms with E-state index in [0.29, 0.717) is 5.58 Å². The maximum absolute atomic E-state index is 12.2. The minimum atomic E-state index is -0.337. The lowest BCUT2D eigenvalue weighted by atomic mass is 10.00. The van der Waals surface area contributed by atoms with Crippen LogP contribution in [0.4, 0.5) is 0 Å². The maximum Gasteiger partial charge on any atom is 0.336 e. The zero-order valence-electron chi connectivity index (χ0n) is 14.3. The largest absolute Gasteiger partial charge is 0.456 e. The molecule has 2 aromatic heterocycles. The molecule has 0 saturated heterocycles. The average Bonchev–Trinajstić information content (AvgIpc) is 3.17. The van der Waals surface area contributed by atoms with Gasteiger partial charge in [-0.2, -0.15) is 0 Å². The highest BCUT2D eigenvalue weighted by Crippen LogP contribution is 2.38. The van der Waals surface area contributed by atoms with Crippen molar-refractivity contribution in [1.82, 2.24) is 0 Å². The van der Waals surface area contributed by atoms with Crippen LogP contribution in [-0.4, -0.2) is 0 Å². The molecular weight excluding hydrogens is 312 g/mol. The molecule has 0 unspecified atom stereocenters. The minimum Gasteiger partial charge on any atom is -0.456 e. The van der Waals surface area contributed by atoms with Crippen molar-refractivity contribution >= 4 is 21.9 Å². The van der Waals surface area contributed by atoms with Gasteiger partial charge in [-0.3, -0.25) is 0 Å². The normalized spacial score (nSPS) is 13.7. The van der Waals surface area contributed by atoms with Crippen LogP contribution in [-0.2, 0) is 12.8 Å². The quantitative estimate of drug-likeness (QED) is 0.444. The summed E-state index contributed by atoms with van der Waals surface area (Å²) in [6, 6.07) is 11.9. The first-order chi connectivity index (χ1) is 12.1. The molecule has 0 aliphatic heterocycles. The van der Waals surface area contributed by atoms with E-state index in [-0.39, 0.29) is 5.63 Å². The van der Waals surface area contributed by atoms with Gasteiger partial charge < -0.3 is 8.83 Å². The summed E-state index contributed by atoms with van der Waals surface area (Å²) in [6.07, 6.45) is 3.30. The highest BCUT2D eigenvalue weighted by atomic mass is 16.4. The minimum absolute atomic E-state index is 0.337. The lowest BCUT2D eigenvalue weighted by Gasteiger charge is -2.07. The molecule has 0 atom stereocenters. The first kappa shape index (κ1) is 14.5. The summed E-state index contributed by atoms with van der Waals surface area (Å²) in [4.78, 5) is 12.2. The highest BCUT2D eigenvalue weighted by Gasteiger charge is 2.19. The predicted octanol–water partition coefficient (Wildman–Crippen LogP) is 5.31. The van der Waals surface area contributed by atoms with Gasteiger partial charge >= 0.3 is 5.63 Å². The van der Waals surface area contributed by atoms with E-state index < -0.39 is 0 Å². The fourth-order valence-electron chi connectivity index (χ4n) is 4.01. The Bertz CT molecular complexity index is 1210. The molecule has 0 fully saturated rings. The average molecular weight is 330 g/mol. The molecule has 124 valence electrons. The molecule has 0 radical (unpaired) electrons. The molecule has 0 spiro atoms. The molecule has 0 amide bonds. The van der Waals surface area contributed by atoms with Gasteiger partial charge in [0.2, 0.25) is 0 Å². The monoisotopic (exact) mass is 330 g/mol. The van der Waals surface area contributed by atoms with Gasteiger partial charge in [0.25, 0.3) is 0 Å². The molecule has 25 heavy (non-hydrogen) atoms. The van der Waals surface area contributed by atoms with E-state index in [1.807, 2.05) is 18.2 Å². The maximum atomic E-state index is 12.2. The Hall–Kier alpha value is -2.81.